The third-order valence-electron chi connectivity index (χ3n) is 7.69. The molecule has 1 aliphatic heterocycles. The zero-order chi connectivity index (χ0) is 23.6. The summed E-state index contributed by atoms with van der Waals surface area (Å²) in [5.41, 5.74) is 3.31. The van der Waals surface area contributed by atoms with Gasteiger partial charge in [0.2, 0.25) is 0 Å². The third-order valence-corrected chi connectivity index (χ3v) is 7.69. The van der Waals surface area contributed by atoms with Crippen LogP contribution in [0.4, 0.5) is 0 Å². The van der Waals surface area contributed by atoms with Gasteiger partial charge in [0.05, 0.1) is 11.7 Å². The molecule has 0 radical (unpaired) electrons. The van der Waals surface area contributed by atoms with Crippen molar-refractivity contribution in [2.75, 3.05) is 6.54 Å². The van der Waals surface area contributed by atoms with E-state index in [9.17, 15) is 10.2 Å². The van der Waals surface area contributed by atoms with Crippen LogP contribution in [-0.2, 0) is 0 Å². The van der Waals surface area contributed by atoms with Crippen molar-refractivity contribution in [1.29, 1.82) is 0 Å². The monoisotopic (exact) mass is 441 g/mol. The lowest BCUT2D eigenvalue weighted by atomic mass is 9.72. The van der Waals surface area contributed by atoms with Crippen LogP contribution in [0, 0.1) is 11.3 Å². The number of allylic oxidation sites excluding steroid dienone is 7. The van der Waals surface area contributed by atoms with Gasteiger partial charge in [-0.15, -0.1) is 0 Å². The molecule has 0 spiro atoms. The Morgan fingerprint density at radius 3 is 2.59 bits per heavy atom. The fourth-order valence-corrected chi connectivity index (χ4v) is 4.83. The predicted octanol–water partition coefficient (Wildman–Crippen LogP) is 6.76. The lowest BCUT2D eigenvalue weighted by molar-refractivity contribution is 0.0828. The van der Waals surface area contributed by atoms with E-state index in [4.69, 9.17) is 0 Å². The van der Waals surface area contributed by atoms with Crippen molar-refractivity contribution >= 4 is 0 Å². The molecule has 0 aromatic heterocycles. The Morgan fingerprint density at radius 2 is 1.88 bits per heavy atom. The molecule has 0 aromatic rings. The highest BCUT2D eigenvalue weighted by molar-refractivity contribution is 5.35. The van der Waals surface area contributed by atoms with E-state index in [1.165, 1.54) is 29.7 Å². The van der Waals surface area contributed by atoms with Crippen LogP contribution in [0.5, 0.6) is 0 Å². The van der Waals surface area contributed by atoms with Gasteiger partial charge < -0.3 is 15.5 Å². The van der Waals surface area contributed by atoms with E-state index in [1.54, 1.807) is 0 Å². The summed E-state index contributed by atoms with van der Waals surface area (Å²) < 4.78 is 0. The first kappa shape index (κ1) is 26.7. The summed E-state index contributed by atoms with van der Waals surface area (Å²) in [6.45, 7) is 14.1. The average Bonchev–Trinajstić information content (AvgIpc) is 2.83. The van der Waals surface area contributed by atoms with Crippen LogP contribution in [0.1, 0.15) is 91.9 Å². The van der Waals surface area contributed by atoms with E-state index >= 15 is 0 Å². The summed E-state index contributed by atoms with van der Waals surface area (Å²) in [6, 6.07) is 0. The number of aliphatic hydroxyl groups excluding tert-OH is 1. The van der Waals surface area contributed by atoms with Crippen molar-refractivity contribution in [3.63, 3.8) is 0 Å². The molecule has 2 aliphatic rings. The summed E-state index contributed by atoms with van der Waals surface area (Å²) in [5, 5.41) is 24.0. The minimum absolute atomic E-state index is 0.221. The predicted molar refractivity (Wildman–Crippen MR) is 137 cm³/mol. The Hall–Kier alpha value is -1.58. The first-order valence-electron chi connectivity index (χ1n) is 12.8. The van der Waals surface area contributed by atoms with Gasteiger partial charge in [-0.1, -0.05) is 70.2 Å². The lowest BCUT2D eigenvalue weighted by Gasteiger charge is -2.33. The number of nitrogens with one attached hydrogen (secondary N) is 1. The molecule has 1 heterocycles. The second-order valence-electron chi connectivity index (χ2n) is 10.5. The van der Waals surface area contributed by atoms with Crippen LogP contribution in [0.15, 0.2) is 59.9 Å². The van der Waals surface area contributed by atoms with Gasteiger partial charge >= 0.3 is 0 Å². The highest BCUT2D eigenvalue weighted by Crippen LogP contribution is 2.38. The van der Waals surface area contributed by atoms with Crippen LogP contribution < -0.4 is 5.32 Å². The van der Waals surface area contributed by atoms with Gasteiger partial charge in [-0.2, -0.15) is 0 Å². The molecule has 2 rings (SSSR count). The van der Waals surface area contributed by atoms with Crippen molar-refractivity contribution in [1.82, 2.24) is 5.32 Å². The summed E-state index contributed by atoms with van der Waals surface area (Å²) in [4.78, 5) is 0. The van der Waals surface area contributed by atoms with Gasteiger partial charge in [-0.3, -0.25) is 0 Å². The van der Waals surface area contributed by atoms with Crippen LogP contribution >= 0.6 is 0 Å². The van der Waals surface area contributed by atoms with Gasteiger partial charge in [0.15, 0.2) is 0 Å². The summed E-state index contributed by atoms with van der Waals surface area (Å²) in [7, 11) is 0. The molecule has 2 fully saturated rings. The van der Waals surface area contributed by atoms with Gasteiger partial charge in [0, 0.05) is 12.2 Å². The highest BCUT2D eigenvalue weighted by Gasteiger charge is 2.29. The van der Waals surface area contributed by atoms with E-state index in [2.05, 4.69) is 50.0 Å². The molecule has 32 heavy (non-hydrogen) atoms. The molecule has 0 aromatic carbocycles. The van der Waals surface area contributed by atoms with E-state index in [0.29, 0.717) is 11.3 Å². The smallest absolute Gasteiger partial charge is 0.0825 e. The molecule has 2 unspecified atom stereocenters. The minimum atomic E-state index is -0.675. The first-order valence-corrected chi connectivity index (χ1v) is 12.8. The second-order valence-corrected chi connectivity index (χ2v) is 10.5. The third kappa shape index (κ3) is 8.41. The highest BCUT2D eigenvalue weighted by atomic mass is 16.3. The van der Waals surface area contributed by atoms with Crippen molar-refractivity contribution in [2.24, 2.45) is 11.3 Å². The molecule has 3 heteroatoms. The molecule has 1 saturated carbocycles. The van der Waals surface area contributed by atoms with E-state index in [1.807, 2.05) is 26.0 Å². The SMILES string of the molecule is C=C1CCC(O)C/C1=C/C=C1\CCCC(C)(C)C(C/C=C/C=C/C(O)(CC)CC)CCN1. The Labute approximate surface area is 197 Å². The Kier molecular flexibility index (Phi) is 10.5. The maximum Gasteiger partial charge on any atom is 0.0825 e. The number of rotatable bonds is 7. The number of hydrogen-bond donors (Lipinski definition) is 3. The summed E-state index contributed by atoms with van der Waals surface area (Å²) >= 11 is 0. The van der Waals surface area contributed by atoms with Crippen LogP contribution in [-0.4, -0.2) is 28.5 Å². The van der Waals surface area contributed by atoms with E-state index in [-0.39, 0.29) is 6.10 Å². The maximum atomic E-state index is 10.4. The van der Waals surface area contributed by atoms with E-state index < -0.39 is 5.60 Å². The zero-order valence-electron chi connectivity index (χ0n) is 21.0. The van der Waals surface area contributed by atoms with Gasteiger partial charge in [-0.25, -0.2) is 0 Å². The molecule has 1 saturated heterocycles. The quantitative estimate of drug-likeness (QED) is 0.383. The Morgan fingerprint density at radius 1 is 1.12 bits per heavy atom. The van der Waals surface area contributed by atoms with Crippen molar-refractivity contribution in [2.45, 2.75) is 104 Å². The molecule has 2 atom stereocenters. The Balaban J connectivity index is 1.97. The topological polar surface area (TPSA) is 52.5 Å². The van der Waals surface area contributed by atoms with Crippen LogP contribution in [0.2, 0.25) is 0 Å². The van der Waals surface area contributed by atoms with Gasteiger partial charge in [0.1, 0.15) is 0 Å². The molecule has 180 valence electrons. The number of hydrogen-bond acceptors (Lipinski definition) is 3. The number of aliphatic hydroxyl groups is 2. The molecule has 1 aliphatic carbocycles. The van der Waals surface area contributed by atoms with Gasteiger partial charge in [-0.05, 0) is 87.2 Å². The van der Waals surface area contributed by atoms with Crippen LogP contribution in [0.3, 0.4) is 0 Å². The molecule has 0 amide bonds. The van der Waals surface area contributed by atoms with Crippen molar-refractivity contribution in [3.05, 3.63) is 59.9 Å². The largest absolute Gasteiger partial charge is 0.393 e. The molecule has 3 N–H and O–H groups in total. The van der Waals surface area contributed by atoms with Gasteiger partial charge in [0.25, 0.3) is 0 Å². The average molecular weight is 442 g/mol. The molecule has 3 nitrogen and oxygen atoms in total. The minimum Gasteiger partial charge on any atom is -0.393 e. The van der Waals surface area contributed by atoms with Crippen LogP contribution in [0.25, 0.3) is 0 Å². The summed E-state index contributed by atoms with van der Waals surface area (Å²) in [6.07, 6.45) is 22.1. The Bertz CT molecular complexity index is 721. The molecule has 0 bridgehead atoms. The standard InChI is InChI=1S/C29H47NO2/c1-6-29(32,7-2)20-10-8-9-12-25-18-21-30-26(13-11-19-28(25,4)5)16-15-24-22-27(31)17-14-23(24)3/h8-10,15-16,20,25,27,30-32H,3,6-7,11-14,17-19,21-22H2,1-2,4-5H3/b9-8+,20-10+,24-15-,26-16+. The van der Waals surface area contributed by atoms with Crippen molar-refractivity contribution in [3.8, 4) is 0 Å². The molecular weight excluding hydrogens is 394 g/mol. The fourth-order valence-electron chi connectivity index (χ4n) is 4.83. The first-order chi connectivity index (χ1) is 15.2. The normalized spacial score (nSPS) is 28.1. The molecular formula is C29H47NO2. The summed E-state index contributed by atoms with van der Waals surface area (Å²) in [5.74, 6) is 0.627. The van der Waals surface area contributed by atoms with E-state index in [0.717, 1.165) is 57.9 Å². The zero-order valence-corrected chi connectivity index (χ0v) is 21.0. The fraction of sp³-hybridized carbons (Fsp3) is 0.655. The maximum absolute atomic E-state index is 10.4. The lowest BCUT2D eigenvalue weighted by Crippen LogP contribution is -2.26. The second kappa shape index (κ2) is 12.6. The van der Waals surface area contributed by atoms with Crippen molar-refractivity contribution < 1.29 is 10.2 Å².